The van der Waals surface area contributed by atoms with Crippen molar-refractivity contribution in [1.82, 2.24) is 10.6 Å². The summed E-state index contributed by atoms with van der Waals surface area (Å²) < 4.78 is 10.5. The highest BCUT2D eigenvalue weighted by Gasteiger charge is 2.29. The minimum Gasteiger partial charge on any atom is -0.457 e. The lowest BCUT2D eigenvalue weighted by atomic mass is 10.0. The van der Waals surface area contributed by atoms with Crippen LogP contribution >= 0.6 is 11.3 Å². The Bertz CT molecular complexity index is 1030. The second-order valence-corrected chi connectivity index (χ2v) is 10.4. The van der Waals surface area contributed by atoms with Crippen molar-refractivity contribution in [2.45, 2.75) is 65.8 Å². The van der Waals surface area contributed by atoms with Crippen molar-refractivity contribution in [1.29, 1.82) is 0 Å². The molecule has 0 spiro atoms. The van der Waals surface area contributed by atoms with E-state index in [2.05, 4.69) is 16.0 Å². The molecule has 0 aliphatic rings. The van der Waals surface area contributed by atoms with Gasteiger partial charge in [0.1, 0.15) is 29.2 Å². The molecule has 35 heavy (non-hydrogen) atoms. The SMILES string of the molecule is CC(C)[C@@H](NC(=O)OC(C)(C)C)C(=O)N[C@H](C)C(=O)Nc1ccc(C(=O)OCc2ccccc2)s1. The Kier molecular flexibility index (Phi) is 9.82. The minimum absolute atomic E-state index is 0.149. The van der Waals surface area contributed by atoms with Gasteiger partial charge >= 0.3 is 12.1 Å². The van der Waals surface area contributed by atoms with Crippen LogP contribution in [0.3, 0.4) is 0 Å². The van der Waals surface area contributed by atoms with Crippen LogP contribution < -0.4 is 16.0 Å². The van der Waals surface area contributed by atoms with Crippen LogP contribution in [0.15, 0.2) is 42.5 Å². The van der Waals surface area contributed by atoms with E-state index in [4.69, 9.17) is 9.47 Å². The van der Waals surface area contributed by atoms with E-state index in [1.54, 1.807) is 46.8 Å². The first-order chi connectivity index (χ1) is 16.4. The fourth-order valence-electron chi connectivity index (χ4n) is 2.88. The number of carbonyl (C=O) groups excluding carboxylic acids is 4. The highest BCUT2D eigenvalue weighted by molar-refractivity contribution is 7.18. The van der Waals surface area contributed by atoms with Crippen LogP contribution in [0.5, 0.6) is 0 Å². The Morgan fingerprint density at radius 3 is 2.17 bits per heavy atom. The highest BCUT2D eigenvalue weighted by Crippen LogP contribution is 2.23. The maximum Gasteiger partial charge on any atom is 0.408 e. The number of amides is 3. The predicted molar refractivity (Wildman–Crippen MR) is 134 cm³/mol. The quantitative estimate of drug-likeness (QED) is 0.443. The third-order valence-corrected chi connectivity index (χ3v) is 5.62. The van der Waals surface area contributed by atoms with Crippen molar-refractivity contribution >= 4 is 40.2 Å². The van der Waals surface area contributed by atoms with E-state index in [1.165, 1.54) is 6.92 Å². The molecule has 0 aliphatic carbocycles. The first-order valence-electron chi connectivity index (χ1n) is 11.3. The maximum absolute atomic E-state index is 12.7. The number of esters is 1. The fraction of sp³-hybridized carbons (Fsp3) is 0.440. The van der Waals surface area contributed by atoms with Gasteiger partial charge < -0.3 is 25.4 Å². The zero-order valence-electron chi connectivity index (χ0n) is 20.8. The van der Waals surface area contributed by atoms with E-state index in [1.807, 2.05) is 30.3 Å². The summed E-state index contributed by atoms with van der Waals surface area (Å²) in [4.78, 5) is 50.0. The summed E-state index contributed by atoms with van der Waals surface area (Å²) in [5, 5.41) is 8.28. The van der Waals surface area contributed by atoms with E-state index in [9.17, 15) is 19.2 Å². The second kappa shape index (κ2) is 12.3. The molecule has 0 bridgehead atoms. The molecule has 1 aromatic heterocycles. The Hall–Kier alpha value is -3.40. The predicted octanol–water partition coefficient (Wildman–Crippen LogP) is 4.10. The van der Waals surface area contributed by atoms with Crippen LogP contribution in [0.1, 0.15) is 56.8 Å². The number of ether oxygens (including phenoxy) is 2. The fourth-order valence-corrected chi connectivity index (χ4v) is 3.68. The van der Waals surface area contributed by atoms with Crippen molar-refractivity contribution in [2.75, 3.05) is 5.32 Å². The van der Waals surface area contributed by atoms with Gasteiger partial charge in [0.25, 0.3) is 0 Å². The summed E-state index contributed by atoms with van der Waals surface area (Å²) in [6.07, 6.45) is -0.714. The lowest BCUT2D eigenvalue weighted by Crippen LogP contribution is -2.54. The summed E-state index contributed by atoms with van der Waals surface area (Å²) in [5.41, 5.74) is 0.166. The first-order valence-corrected chi connectivity index (χ1v) is 12.1. The van der Waals surface area contributed by atoms with Gasteiger partial charge in [-0.2, -0.15) is 0 Å². The summed E-state index contributed by atoms with van der Waals surface area (Å²) in [5.74, 6) is -1.71. The molecule has 3 amide bonds. The molecule has 1 aromatic carbocycles. The third kappa shape index (κ3) is 9.40. The summed E-state index contributed by atoms with van der Waals surface area (Å²) >= 11 is 1.07. The number of anilines is 1. The lowest BCUT2D eigenvalue weighted by Gasteiger charge is -2.26. The molecule has 2 aromatic rings. The van der Waals surface area contributed by atoms with E-state index in [-0.39, 0.29) is 12.5 Å². The Balaban J connectivity index is 1.89. The van der Waals surface area contributed by atoms with E-state index in [0.29, 0.717) is 9.88 Å². The maximum atomic E-state index is 12.7. The topological polar surface area (TPSA) is 123 Å². The molecule has 0 saturated carbocycles. The van der Waals surface area contributed by atoms with Gasteiger partial charge in [0, 0.05) is 0 Å². The Labute approximate surface area is 209 Å². The van der Waals surface area contributed by atoms with Crippen LogP contribution in [-0.2, 0) is 25.7 Å². The molecular weight excluding hydrogens is 470 g/mol. The van der Waals surface area contributed by atoms with E-state index >= 15 is 0 Å². The van der Waals surface area contributed by atoms with Crippen molar-refractivity contribution < 1.29 is 28.7 Å². The van der Waals surface area contributed by atoms with Gasteiger partial charge in [-0.05, 0) is 51.3 Å². The van der Waals surface area contributed by atoms with Crippen LogP contribution in [0.4, 0.5) is 9.80 Å². The average Bonchev–Trinajstić information content (AvgIpc) is 3.23. The van der Waals surface area contributed by atoms with Gasteiger partial charge in [0.2, 0.25) is 11.8 Å². The average molecular weight is 504 g/mol. The molecule has 2 atom stereocenters. The number of hydrogen-bond donors (Lipinski definition) is 3. The molecule has 0 unspecified atom stereocenters. The number of carbonyl (C=O) groups is 4. The van der Waals surface area contributed by atoms with Crippen molar-refractivity contribution in [3.63, 3.8) is 0 Å². The molecule has 3 N–H and O–H groups in total. The van der Waals surface area contributed by atoms with Crippen LogP contribution in [0.2, 0.25) is 0 Å². The summed E-state index contributed by atoms with van der Waals surface area (Å²) in [6, 6.07) is 10.7. The molecule has 0 aliphatic heterocycles. The number of rotatable bonds is 9. The molecule has 190 valence electrons. The van der Waals surface area contributed by atoms with Gasteiger partial charge in [-0.3, -0.25) is 9.59 Å². The van der Waals surface area contributed by atoms with Gasteiger partial charge in [-0.1, -0.05) is 44.2 Å². The number of thiophene rings is 1. The number of nitrogens with one attached hydrogen (secondary N) is 3. The molecule has 0 saturated heterocycles. The smallest absolute Gasteiger partial charge is 0.408 e. The normalized spacial score (nSPS) is 12.9. The van der Waals surface area contributed by atoms with Gasteiger partial charge in [0.05, 0.1) is 5.00 Å². The van der Waals surface area contributed by atoms with Crippen LogP contribution in [-0.4, -0.2) is 41.6 Å². The monoisotopic (exact) mass is 503 g/mol. The zero-order valence-corrected chi connectivity index (χ0v) is 21.7. The third-order valence-electron chi connectivity index (χ3n) is 4.64. The summed E-state index contributed by atoms with van der Waals surface area (Å²) in [6.45, 7) is 10.4. The number of benzene rings is 1. The Morgan fingerprint density at radius 2 is 1.57 bits per heavy atom. The van der Waals surface area contributed by atoms with E-state index in [0.717, 1.165) is 16.9 Å². The minimum atomic E-state index is -0.889. The molecule has 0 fully saturated rings. The zero-order chi connectivity index (χ0) is 26.2. The van der Waals surface area contributed by atoms with E-state index < -0.39 is 41.6 Å². The largest absolute Gasteiger partial charge is 0.457 e. The van der Waals surface area contributed by atoms with Crippen molar-refractivity contribution in [2.24, 2.45) is 5.92 Å². The second-order valence-electron chi connectivity index (χ2n) is 9.31. The molecule has 10 heteroatoms. The van der Waals surface area contributed by atoms with Crippen LogP contribution in [0.25, 0.3) is 0 Å². The Morgan fingerprint density at radius 1 is 0.914 bits per heavy atom. The molecule has 0 radical (unpaired) electrons. The van der Waals surface area contributed by atoms with Gasteiger partial charge in [-0.25, -0.2) is 9.59 Å². The molecular formula is C25H33N3O6S. The molecule has 2 rings (SSSR count). The number of hydrogen-bond acceptors (Lipinski definition) is 7. The van der Waals surface area contributed by atoms with Gasteiger partial charge in [0.15, 0.2) is 0 Å². The summed E-state index contributed by atoms with van der Waals surface area (Å²) in [7, 11) is 0. The first kappa shape index (κ1) is 27.8. The van der Waals surface area contributed by atoms with Gasteiger partial charge in [-0.15, -0.1) is 11.3 Å². The number of alkyl carbamates (subject to hydrolysis) is 1. The molecule has 9 nitrogen and oxygen atoms in total. The van der Waals surface area contributed by atoms with Crippen molar-refractivity contribution in [3.05, 3.63) is 52.9 Å². The van der Waals surface area contributed by atoms with Crippen molar-refractivity contribution in [3.8, 4) is 0 Å². The standard InChI is InChI=1S/C25H33N3O6S/c1-15(2)20(28-24(32)34-25(4,5)6)22(30)26-16(3)21(29)27-19-13-12-18(35-19)23(31)33-14-17-10-8-7-9-11-17/h7-13,15-16,20H,14H2,1-6H3,(H,26,30)(H,27,29)(H,28,32)/t16-,20-/m1/s1. The lowest BCUT2D eigenvalue weighted by molar-refractivity contribution is -0.128. The highest BCUT2D eigenvalue weighted by atomic mass is 32.1. The van der Waals surface area contributed by atoms with Crippen LogP contribution in [0, 0.1) is 5.92 Å². The molecule has 1 heterocycles.